The summed E-state index contributed by atoms with van der Waals surface area (Å²) in [5.41, 5.74) is -2.44. The molecule has 6 heteroatoms. The van der Waals surface area contributed by atoms with E-state index in [-0.39, 0.29) is 18.4 Å². The van der Waals surface area contributed by atoms with Gasteiger partial charge in [0.05, 0.1) is 11.6 Å². The highest BCUT2D eigenvalue weighted by Crippen LogP contribution is 2.58. The summed E-state index contributed by atoms with van der Waals surface area (Å²) in [7, 11) is 0. The quantitative estimate of drug-likeness (QED) is 0.750. The Labute approximate surface area is 77.0 Å². The first-order chi connectivity index (χ1) is 6.46. The number of nitrogens with one attached hydrogen (secondary N) is 1. The van der Waals surface area contributed by atoms with Crippen LogP contribution in [-0.4, -0.2) is 16.4 Å². The lowest BCUT2D eigenvalue weighted by atomic mass is 9.98. The summed E-state index contributed by atoms with van der Waals surface area (Å²) in [4.78, 5) is 10.8. The molecule has 2 rings (SSSR count). The van der Waals surface area contributed by atoms with Gasteiger partial charge in [-0.3, -0.25) is 4.79 Å². The van der Waals surface area contributed by atoms with Crippen LogP contribution in [0.2, 0.25) is 0 Å². The number of alkyl halides is 3. The largest absolute Gasteiger partial charge is 0.398 e. The monoisotopic (exact) mass is 204 g/mol. The molecule has 0 aromatic carbocycles. The van der Waals surface area contributed by atoms with Crippen LogP contribution >= 0.6 is 0 Å². The molecule has 14 heavy (non-hydrogen) atoms. The third-order valence-electron chi connectivity index (χ3n) is 2.51. The standard InChI is InChI=1S/C8H7F3N2O/c9-8(10,11)7(1-2-7)5-3-6(14)13-12-4-5/h3-4H,1-2H2,(H,13,14). The molecule has 1 saturated carbocycles. The minimum absolute atomic E-state index is 0.0336. The van der Waals surface area contributed by atoms with Crippen LogP contribution < -0.4 is 5.56 Å². The minimum atomic E-state index is -4.29. The second-order valence-corrected chi connectivity index (χ2v) is 3.41. The summed E-state index contributed by atoms with van der Waals surface area (Å²) in [5.74, 6) is 0. The van der Waals surface area contributed by atoms with Gasteiger partial charge in [0.1, 0.15) is 0 Å². The van der Waals surface area contributed by atoms with Crippen molar-refractivity contribution in [2.45, 2.75) is 24.4 Å². The highest BCUT2D eigenvalue weighted by atomic mass is 19.4. The number of hydrogen-bond donors (Lipinski definition) is 1. The number of halogens is 3. The highest BCUT2D eigenvalue weighted by Gasteiger charge is 2.64. The SMILES string of the molecule is O=c1cc(C2(C(F)(F)F)CC2)cn[nH]1. The van der Waals surface area contributed by atoms with Crippen LogP contribution in [0.1, 0.15) is 18.4 Å². The van der Waals surface area contributed by atoms with Crippen molar-refractivity contribution >= 4 is 0 Å². The Kier molecular flexibility index (Phi) is 1.71. The summed E-state index contributed by atoms with van der Waals surface area (Å²) < 4.78 is 37.7. The van der Waals surface area contributed by atoms with Gasteiger partial charge in [-0.2, -0.15) is 18.3 Å². The van der Waals surface area contributed by atoms with Gasteiger partial charge in [-0.25, -0.2) is 5.10 Å². The summed E-state index contributed by atoms with van der Waals surface area (Å²) in [6, 6.07) is 0.966. The van der Waals surface area contributed by atoms with E-state index in [2.05, 4.69) is 10.2 Å². The van der Waals surface area contributed by atoms with Crippen molar-refractivity contribution in [3.8, 4) is 0 Å². The minimum Gasteiger partial charge on any atom is -0.268 e. The van der Waals surface area contributed by atoms with Crippen molar-refractivity contribution in [2.24, 2.45) is 0 Å². The molecule has 1 aliphatic rings. The summed E-state index contributed by atoms with van der Waals surface area (Å²) in [6.07, 6.45) is -3.13. The van der Waals surface area contributed by atoms with E-state index in [1.165, 1.54) is 0 Å². The molecule has 76 valence electrons. The lowest BCUT2D eigenvalue weighted by Crippen LogP contribution is -2.30. The van der Waals surface area contributed by atoms with Crippen LogP contribution in [0.3, 0.4) is 0 Å². The number of aromatic nitrogens is 2. The Balaban J connectivity index is 2.46. The van der Waals surface area contributed by atoms with E-state index in [1.807, 2.05) is 0 Å². The van der Waals surface area contributed by atoms with Gasteiger partial charge in [-0.15, -0.1) is 0 Å². The van der Waals surface area contributed by atoms with Gasteiger partial charge in [0.15, 0.2) is 0 Å². The fourth-order valence-electron chi connectivity index (χ4n) is 1.50. The van der Waals surface area contributed by atoms with E-state index in [1.54, 1.807) is 0 Å². The van der Waals surface area contributed by atoms with Crippen molar-refractivity contribution in [2.75, 3.05) is 0 Å². The third kappa shape index (κ3) is 1.21. The molecule has 0 amide bonds. The van der Waals surface area contributed by atoms with Gasteiger partial charge < -0.3 is 0 Å². The topological polar surface area (TPSA) is 45.8 Å². The van der Waals surface area contributed by atoms with Gasteiger partial charge in [0, 0.05) is 6.07 Å². The zero-order valence-electron chi connectivity index (χ0n) is 7.06. The lowest BCUT2D eigenvalue weighted by molar-refractivity contribution is -0.160. The molecule has 0 unspecified atom stereocenters. The molecule has 0 radical (unpaired) electrons. The number of rotatable bonds is 1. The van der Waals surface area contributed by atoms with E-state index < -0.39 is 17.2 Å². The molecule has 3 nitrogen and oxygen atoms in total. The molecule has 1 N–H and O–H groups in total. The van der Waals surface area contributed by atoms with Crippen molar-refractivity contribution in [3.05, 3.63) is 28.2 Å². The maximum Gasteiger partial charge on any atom is 0.398 e. The molecule has 1 aromatic heterocycles. The Morgan fingerprint density at radius 2 is 2.07 bits per heavy atom. The summed E-state index contributed by atoms with van der Waals surface area (Å²) in [5, 5.41) is 5.42. The third-order valence-corrected chi connectivity index (χ3v) is 2.51. The normalized spacial score (nSPS) is 19.4. The molecular weight excluding hydrogens is 197 g/mol. The van der Waals surface area contributed by atoms with Gasteiger partial charge in [0.2, 0.25) is 0 Å². The molecular formula is C8H7F3N2O. The zero-order valence-corrected chi connectivity index (χ0v) is 7.06. The molecule has 0 bridgehead atoms. The predicted molar refractivity (Wildman–Crippen MR) is 41.8 cm³/mol. The molecule has 1 aromatic rings. The molecule has 0 atom stereocenters. The van der Waals surface area contributed by atoms with E-state index >= 15 is 0 Å². The molecule has 1 aliphatic carbocycles. The van der Waals surface area contributed by atoms with Gasteiger partial charge in [-0.05, 0) is 18.4 Å². The fraction of sp³-hybridized carbons (Fsp3) is 0.500. The van der Waals surface area contributed by atoms with E-state index in [4.69, 9.17) is 0 Å². The first-order valence-electron chi connectivity index (χ1n) is 4.08. The Morgan fingerprint density at radius 3 is 2.50 bits per heavy atom. The number of aromatic amines is 1. The van der Waals surface area contributed by atoms with Gasteiger partial charge >= 0.3 is 6.18 Å². The van der Waals surface area contributed by atoms with E-state index in [0.717, 1.165) is 12.3 Å². The smallest absolute Gasteiger partial charge is 0.268 e. The van der Waals surface area contributed by atoms with Crippen LogP contribution in [0.5, 0.6) is 0 Å². The van der Waals surface area contributed by atoms with Crippen molar-refractivity contribution < 1.29 is 13.2 Å². The summed E-state index contributed by atoms with van der Waals surface area (Å²) >= 11 is 0. The van der Waals surface area contributed by atoms with Crippen molar-refractivity contribution in [1.29, 1.82) is 0 Å². The lowest BCUT2D eigenvalue weighted by Gasteiger charge is -2.18. The highest BCUT2D eigenvalue weighted by molar-refractivity contribution is 5.30. The molecule has 0 spiro atoms. The zero-order chi connectivity index (χ0) is 10.4. The average molecular weight is 204 g/mol. The summed E-state index contributed by atoms with van der Waals surface area (Å²) in [6.45, 7) is 0. The Morgan fingerprint density at radius 1 is 1.43 bits per heavy atom. The molecule has 1 heterocycles. The van der Waals surface area contributed by atoms with E-state index in [0.29, 0.717) is 0 Å². The molecule has 0 saturated heterocycles. The Hall–Kier alpha value is -1.33. The van der Waals surface area contributed by atoms with Crippen LogP contribution in [0.15, 0.2) is 17.1 Å². The maximum atomic E-state index is 12.6. The molecule has 0 aliphatic heterocycles. The van der Waals surface area contributed by atoms with E-state index in [9.17, 15) is 18.0 Å². The van der Waals surface area contributed by atoms with Crippen LogP contribution in [0.25, 0.3) is 0 Å². The van der Waals surface area contributed by atoms with Gasteiger partial charge in [0.25, 0.3) is 5.56 Å². The average Bonchev–Trinajstić information content (AvgIpc) is 2.82. The first kappa shape index (κ1) is 9.23. The number of hydrogen-bond acceptors (Lipinski definition) is 2. The second kappa shape index (κ2) is 2.59. The fourth-order valence-corrected chi connectivity index (χ4v) is 1.50. The number of H-pyrrole nitrogens is 1. The number of nitrogens with zero attached hydrogens (tertiary/aromatic N) is 1. The maximum absolute atomic E-state index is 12.6. The Bertz CT molecular complexity index is 406. The van der Waals surface area contributed by atoms with Crippen LogP contribution in [0.4, 0.5) is 13.2 Å². The molecule has 1 fully saturated rings. The van der Waals surface area contributed by atoms with Crippen LogP contribution in [0, 0.1) is 0 Å². The predicted octanol–water partition coefficient (Wildman–Crippen LogP) is 1.36. The van der Waals surface area contributed by atoms with Gasteiger partial charge in [-0.1, -0.05) is 0 Å². The van der Waals surface area contributed by atoms with Crippen molar-refractivity contribution in [1.82, 2.24) is 10.2 Å². The van der Waals surface area contributed by atoms with Crippen LogP contribution in [-0.2, 0) is 5.41 Å². The second-order valence-electron chi connectivity index (χ2n) is 3.41. The van der Waals surface area contributed by atoms with Crippen molar-refractivity contribution in [3.63, 3.8) is 0 Å². The first-order valence-corrected chi connectivity index (χ1v) is 4.08.